The fraction of sp³-hybridized carbons (Fsp3) is 0.333. The number of guanidine groups is 1. The maximum Gasteiger partial charge on any atom is 0.221 e. The molecule has 6 nitrogen and oxygen atoms in total. The zero-order valence-electron chi connectivity index (χ0n) is 16.6. The molecular formula is C21H29IN4O2. The first-order valence-corrected chi connectivity index (χ1v) is 9.07. The largest absolute Gasteiger partial charge is 0.492 e. The lowest BCUT2D eigenvalue weighted by molar-refractivity contribution is -0.114. The summed E-state index contributed by atoms with van der Waals surface area (Å²) in [6.45, 7) is 5.55. The Kier molecular flexibility index (Phi) is 11.0. The molecule has 0 fully saturated rings. The molecule has 0 saturated heterocycles. The number of nitrogens with one attached hydrogen (secondary N) is 3. The predicted octanol–water partition coefficient (Wildman–Crippen LogP) is 3.36. The van der Waals surface area contributed by atoms with E-state index in [2.05, 4.69) is 27.9 Å². The van der Waals surface area contributed by atoms with Gasteiger partial charge in [0.2, 0.25) is 5.91 Å². The molecule has 0 aliphatic rings. The van der Waals surface area contributed by atoms with Crippen LogP contribution < -0.4 is 20.7 Å². The molecule has 7 heteroatoms. The summed E-state index contributed by atoms with van der Waals surface area (Å²) in [4.78, 5) is 15.2. The third kappa shape index (κ3) is 9.07. The molecule has 0 bridgehead atoms. The third-order valence-electron chi connectivity index (χ3n) is 3.89. The minimum absolute atomic E-state index is 0. The molecule has 0 radical (unpaired) electrons. The summed E-state index contributed by atoms with van der Waals surface area (Å²) in [5.74, 6) is 1.55. The topological polar surface area (TPSA) is 74.8 Å². The standard InChI is InChI=1S/C21H28N4O2.HI/c1-16-4-10-20(11-5-16)27-15-14-24-21(22-3)23-13-12-18-6-8-19(9-7-18)25-17(2)26;/h4-11H,12-15H2,1-3H3,(H,25,26)(H2,22,23,24);1H. The number of hydrogen-bond donors (Lipinski definition) is 3. The van der Waals surface area contributed by atoms with Crippen LogP contribution >= 0.6 is 24.0 Å². The first-order valence-electron chi connectivity index (χ1n) is 9.07. The molecule has 0 unspecified atom stereocenters. The Balaban J connectivity index is 0.00000392. The predicted molar refractivity (Wildman–Crippen MR) is 126 cm³/mol. The summed E-state index contributed by atoms with van der Waals surface area (Å²) in [6.07, 6.45) is 0.862. The lowest BCUT2D eigenvalue weighted by Crippen LogP contribution is -2.40. The summed E-state index contributed by atoms with van der Waals surface area (Å²) in [7, 11) is 1.75. The van der Waals surface area contributed by atoms with E-state index in [1.54, 1.807) is 7.05 Å². The van der Waals surface area contributed by atoms with Crippen molar-refractivity contribution < 1.29 is 9.53 Å². The molecule has 0 spiro atoms. The van der Waals surface area contributed by atoms with E-state index in [1.165, 1.54) is 18.1 Å². The fourth-order valence-electron chi connectivity index (χ4n) is 2.48. The van der Waals surface area contributed by atoms with Gasteiger partial charge in [0.25, 0.3) is 0 Å². The molecule has 2 aromatic rings. The van der Waals surface area contributed by atoms with Crippen molar-refractivity contribution in [3.05, 3.63) is 59.7 Å². The van der Waals surface area contributed by atoms with E-state index in [4.69, 9.17) is 4.74 Å². The summed E-state index contributed by atoms with van der Waals surface area (Å²) in [5.41, 5.74) is 3.22. The maximum atomic E-state index is 11.0. The number of nitrogens with zero attached hydrogens (tertiary/aromatic N) is 1. The average Bonchev–Trinajstić information content (AvgIpc) is 2.66. The van der Waals surface area contributed by atoms with Gasteiger partial charge < -0.3 is 20.7 Å². The van der Waals surface area contributed by atoms with Gasteiger partial charge >= 0.3 is 0 Å². The molecule has 0 heterocycles. The molecule has 3 N–H and O–H groups in total. The van der Waals surface area contributed by atoms with Gasteiger partial charge in [-0.2, -0.15) is 0 Å². The van der Waals surface area contributed by atoms with Gasteiger partial charge in [0.05, 0.1) is 6.54 Å². The van der Waals surface area contributed by atoms with Crippen molar-refractivity contribution in [3.63, 3.8) is 0 Å². The molecule has 2 rings (SSSR count). The fourth-order valence-corrected chi connectivity index (χ4v) is 2.48. The number of carbonyl (C=O) groups is 1. The Hall–Kier alpha value is -2.29. The molecule has 0 aliphatic heterocycles. The number of benzene rings is 2. The maximum absolute atomic E-state index is 11.0. The molecule has 0 atom stereocenters. The minimum atomic E-state index is -0.0642. The lowest BCUT2D eigenvalue weighted by atomic mass is 10.1. The molecule has 1 amide bonds. The van der Waals surface area contributed by atoms with Crippen LogP contribution in [0.25, 0.3) is 0 Å². The summed E-state index contributed by atoms with van der Waals surface area (Å²) >= 11 is 0. The molecular weight excluding hydrogens is 467 g/mol. The molecule has 0 aliphatic carbocycles. The molecule has 28 heavy (non-hydrogen) atoms. The molecule has 0 aromatic heterocycles. The van der Waals surface area contributed by atoms with Crippen molar-refractivity contribution in [3.8, 4) is 5.75 Å². The van der Waals surface area contributed by atoms with E-state index >= 15 is 0 Å². The van der Waals surface area contributed by atoms with Gasteiger partial charge in [-0.1, -0.05) is 29.8 Å². The van der Waals surface area contributed by atoms with Crippen LogP contribution in [0.3, 0.4) is 0 Å². The van der Waals surface area contributed by atoms with Gasteiger partial charge in [-0.15, -0.1) is 24.0 Å². The van der Waals surface area contributed by atoms with E-state index in [-0.39, 0.29) is 29.9 Å². The SMILES string of the molecule is CN=C(NCCOc1ccc(C)cc1)NCCc1ccc(NC(C)=O)cc1.I. The number of anilines is 1. The van der Waals surface area contributed by atoms with Crippen LogP contribution in [0.5, 0.6) is 5.75 Å². The van der Waals surface area contributed by atoms with Crippen LogP contribution in [0, 0.1) is 6.92 Å². The molecule has 152 valence electrons. The van der Waals surface area contributed by atoms with Gasteiger partial charge in [-0.3, -0.25) is 9.79 Å². The van der Waals surface area contributed by atoms with E-state index in [9.17, 15) is 4.79 Å². The molecule has 0 saturated carbocycles. The van der Waals surface area contributed by atoms with E-state index in [0.29, 0.717) is 13.2 Å². The number of carbonyl (C=O) groups excluding carboxylic acids is 1. The van der Waals surface area contributed by atoms with Crippen LogP contribution in [0.4, 0.5) is 5.69 Å². The highest BCUT2D eigenvalue weighted by Crippen LogP contribution is 2.11. The monoisotopic (exact) mass is 496 g/mol. The number of ether oxygens (including phenoxy) is 1. The van der Waals surface area contributed by atoms with Crippen LogP contribution in [0.1, 0.15) is 18.1 Å². The van der Waals surface area contributed by atoms with Crippen molar-refractivity contribution in [1.29, 1.82) is 0 Å². The number of amides is 1. The Labute approximate surface area is 184 Å². The van der Waals surface area contributed by atoms with Crippen molar-refractivity contribution in [1.82, 2.24) is 10.6 Å². The Morgan fingerprint density at radius 3 is 2.25 bits per heavy atom. The van der Waals surface area contributed by atoms with Gasteiger partial charge in [-0.05, 0) is 43.2 Å². The normalized spacial score (nSPS) is 10.6. The number of aliphatic imine (C=N–C) groups is 1. The highest BCUT2D eigenvalue weighted by Gasteiger charge is 2.00. The Morgan fingerprint density at radius 1 is 1.00 bits per heavy atom. The second-order valence-electron chi connectivity index (χ2n) is 6.22. The van der Waals surface area contributed by atoms with Crippen LogP contribution in [-0.4, -0.2) is 38.6 Å². The summed E-state index contributed by atoms with van der Waals surface area (Å²) < 4.78 is 5.69. The van der Waals surface area contributed by atoms with Gasteiger partial charge in [0.1, 0.15) is 12.4 Å². The van der Waals surface area contributed by atoms with Crippen LogP contribution in [0.15, 0.2) is 53.5 Å². The van der Waals surface area contributed by atoms with Crippen LogP contribution in [0.2, 0.25) is 0 Å². The van der Waals surface area contributed by atoms with Gasteiger partial charge in [0.15, 0.2) is 5.96 Å². The van der Waals surface area contributed by atoms with Crippen molar-refractivity contribution in [2.75, 3.05) is 32.1 Å². The van der Waals surface area contributed by atoms with E-state index in [0.717, 1.165) is 30.4 Å². The molecule has 2 aromatic carbocycles. The Morgan fingerprint density at radius 2 is 1.64 bits per heavy atom. The van der Waals surface area contributed by atoms with E-state index in [1.807, 2.05) is 48.5 Å². The highest BCUT2D eigenvalue weighted by molar-refractivity contribution is 14.0. The number of rotatable bonds is 8. The zero-order valence-corrected chi connectivity index (χ0v) is 18.9. The van der Waals surface area contributed by atoms with E-state index < -0.39 is 0 Å². The van der Waals surface area contributed by atoms with Gasteiger partial charge in [0, 0.05) is 26.2 Å². The highest BCUT2D eigenvalue weighted by atomic mass is 127. The van der Waals surface area contributed by atoms with Crippen molar-refractivity contribution in [2.24, 2.45) is 4.99 Å². The van der Waals surface area contributed by atoms with Crippen molar-refractivity contribution in [2.45, 2.75) is 20.3 Å². The first kappa shape index (κ1) is 23.7. The Bertz CT molecular complexity index is 746. The number of halogens is 1. The summed E-state index contributed by atoms with van der Waals surface area (Å²) in [6, 6.07) is 15.9. The second-order valence-corrected chi connectivity index (χ2v) is 6.22. The van der Waals surface area contributed by atoms with Crippen molar-refractivity contribution >= 4 is 41.5 Å². The zero-order chi connectivity index (χ0) is 19.5. The quantitative estimate of drug-likeness (QED) is 0.227. The lowest BCUT2D eigenvalue weighted by Gasteiger charge is -2.13. The second kappa shape index (κ2) is 13.0. The summed E-state index contributed by atoms with van der Waals surface area (Å²) in [5, 5.41) is 9.28. The average molecular weight is 496 g/mol. The minimum Gasteiger partial charge on any atom is -0.492 e. The van der Waals surface area contributed by atoms with Crippen LogP contribution in [-0.2, 0) is 11.2 Å². The third-order valence-corrected chi connectivity index (χ3v) is 3.89. The number of aryl methyl sites for hydroxylation is 1. The van der Waals surface area contributed by atoms with Gasteiger partial charge in [-0.25, -0.2) is 0 Å². The number of hydrogen-bond acceptors (Lipinski definition) is 3. The smallest absolute Gasteiger partial charge is 0.221 e. The first-order chi connectivity index (χ1) is 13.1.